The average Bonchev–Trinajstić information content (AvgIpc) is 3.36. The number of carbonyl (C=O) groups is 1. The summed E-state index contributed by atoms with van der Waals surface area (Å²) in [5.74, 6) is 1.18. The van der Waals surface area contributed by atoms with Crippen LogP contribution in [0.2, 0.25) is 0 Å². The Bertz CT molecular complexity index is 919. The molecule has 1 N–H and O–H groups in total. The molecule has 1 saturated carbocycles. The van der Waals surface area contributed by atoms with E-state index in [1.807, 2.05) is 47.0 Å². The minimum atomic E-state index is 0.0530. The van der Waals surface area contributed by atoms with Crippen LogP contribution in [0, 0.1) is 6.92 Å². The summed E-state index contributed by atoms with van der Waals surface area (Å²) >= 11 is 1.42. The van der Waals surface area contributed by atoms with Crippen molar-refractivity contribution in [1.82, 2.24) is 20.1 Å². The van der Waals surface area contributed by atoms with Crippen LogP contribution in [0.4, 0.5) is 0 Å². The van der Waals surface area contributed by atoms with Crippen molar-refractivity contribution in [3.63, 3.8) is 0 Å². The van der Waals surface area contributed by atoms with Crippen molar-refractivity contribution in [2.75, 3.05) is 5.75 Å². The van der Waals surface area contributed by atoms with Gasteiger partial charge in [-0.15, -0.1) is 10.2 Å². The van der Waals surface area contributed by atoms with E-state index in [2.05, 4.69) is 34.6 Å². The highest BCUT2D eigenvalue weighted by atomic mass is 32.2. The Morgan fingerprint density at radius 1 is 1.15 bits per heavy atom. The van der Waals surface area contributed by atoms with Gasteiger partial charge in [-0.1, -0.05) is 53.7 Å². The molecule has 2 aromatic carbocycles. The number of nitrogens with zero attached hydrogens (tertiary/aromatic N) is 3. The minimum absolute atomic E-state index is 0.0530. The monoisotopic (exact) mass is 364 g/mol. The van der Waals surface area contributed by atoms with Gasteiger partial charge in [-0.05, 0) is 38.0 Å². The zero-order chi connectivity index (χ0) is 17.9. The van der Waals surface area contributed by atoms with E-state index in [1.54, 1.807) is 0 Å². The Labute approximate surface area is 156 Å². The fourth-order valence-corrected chi connectivity index (χ4v) is 3.53. The van der Waals surface area contributed by atoms with E-state index in [-0.39, 0.29) is 5.91 Å². The van der Waals surface area contributed by atoms with Crippen molar-refractivity contribution >= 4 is 17.7 Å². The molecule has 0 unspecified atom stereocenters. The molecule has 0 radical (unpaired) electrons. The molecule has 5 nitrogen and oxygen atoms in total. The molecule has 0 aliphatic heterocycles. The molecule has 1 aliphatic carbocycles. The second-order valence-electron chi connectivity index (χ2n) is 6.48. The molecule has 4 rings (SSSR count). The molecular weight excluding hydrogens is 344 g/mol. The number of nitrogens with one attached hydrogen (secondary N) is 1. The highest BCUT2D eigenvalue weighted by molar-refractivity contribution is 7.99. The number of carbonyl (C=O) groups excluding carboxylic acids is 1. The number of rotatable bonds is 6. The molecule has 0 saturated heterocycles. The van der Waals surface area contributed by atoms with E-state index < -0.39 is 0 Å². The lowest BCUT2D eigenvalue weighted by Gasteiger charge is -2.10. The predicted octanol–water partition coefficient (Wildman–Crippen LogP) is 3.61. The lowest BCUT2D eigenvalue weighted by atomic mass is 10.1. The lowest BCUT2D eigenvalue weighted by molar-refractivity contribution is -0.118. The maximum absolute atomic E-state index is 12.0. The molecule has 1 heterocycles. The Kier molecular flexibility index (Phi) is 4.75. The van der Waals surface area contributed by atoms with Gasteiger partial charge in [0.2, 0.25) is 5.91 Å². The van der Waals surface area contributed by atoms with Crippen molar-refractivity contribution < 1.29 is 4.79 Å². The third-order valence-corrected chi connectivity index (χ3v) is 5.13. The number of amides is 1. The van der Waals surface area contributed by atoms with Crippen LogP contribution in [0.15, 0.2) is 59.8 Å². The summed E-state index contributed by atoms with van der Waals surface area (Å²) < 4.78 is 2.02. The first-order valence-corrected chi connectivity index (χ1v) is 9.69. The summed E-state index contributed by atoms with van der Waals surface area (Å²) in [4.78, 5) is 12.0. The first-order chi connectivity index (χ1) is 12.7. The molecule has 1 aliphatic rings. The number of thioether (sulfide) groups is 1. The second-order valence-corrected chi connectivity index (χ2v) is 7.42. The summed E-state index contributed by atoms with van der Waals surface area (Å²) in [5.41, 5.74) is 3.16. The van der Waals surface area contributed by atoms with E-state index >= 15 is 0 Å². The van der Waals surface area contributed by atoms with Crippen LogP contribution in [0.25, 0.3) is 17.1 Å². The largest absolute Gasteiger partial charge is 0.353 e. The van der Waals surface area contributed by atoms with Gasteiger partial charge in [-0.25, -0.2) is 0 Å². The van der Waals surface area contributed by atoms with Crippen molar-refractivity contribution in [2.45, 2.75) is 31.0 Å². The number of benzene rings is 2. The number of aryl methyl sites for hydroxylation is 1. The van der Waals surface area contributed by atoms with Gasteiger partial charge >= 0.3 is 0 Å². The molecule has 0 bridgehead atoms. The Morgan fingerprint density at radius 2 is 1.96 bits per heavy atom. The summed E-state index contributed by atoms with van der Waals surface area (Å²) in [7, 11) is 0. The highest BCUT2D eigenvalue weighted by Crippen LogP contribution is 2.28. The maximum Gasteiger partial charge on any atom is 0.230 e. The zero-order valence-corrected chi connectivity index (χ0v) is 15.4. The Balaban J connectivity index is 1.66. The first kappa shape index (κ1) is 16.8. The quantitative estimate of drug-likeness (QED) is 0.679. The van der Waals surface area contributed by atoms with Gasteiger partial charge in [0.25, 0.3) is 0 Å². The topological polar surface area (TPSA) is 59.8 Å². The van der Waals surface area contributed by atoms with E-state index in [0.717, 1.165) is 35.1 Å². The van der Waals surface area contributed by atoms with E-state index in [0.29, 0.717) is 11.8 Å². The van der Waals surface area contributed by atoms with Crippen LogP contribution in [0.5, 0.6) is 0 Å². The smallest absolute Gasteiger partial charge is 0.230 e. The summed E-state index contributed by atoms with van der Waals surface area (Å²) in [5, 5.41) is 12.5. The molecule has 1 amide bonds. The fourth-order valence-electron chi connectivity index (χ4n) is 2.77. The lowest BCUT2D eigenvalue weighted by Crippen LogP contribution is -2.27. The number of hydrogen-bond donors (Lipinski definition) is 1. The summed E-state index contributed by atoms with van der Waals surface area (Å²) in [6.07, 6.45) is 2.18. The average molecular weight is 364 g/mol. The molecule has 1 fully saturated rings. The molecule has 132 valence electrons. The first-order valence-electron chi connectivity index (χ1n) is 8.71. The highest BCUT2D eigenvalue weighted by Gasteiger charge is 2.24. The number of hydrogen-bond acceptors (Lipinski definition) is 4. The van der Waals surface area contributed by atoms with Gasteiger partial charge in [0.05, 0.1) is 5.75 Å². The van der Waals surface area contributed by atoms with Crippen LogP contribution in [-0.4, -0.2) is 32.5 Å². The molecule has 3 aromatic rings. The van der Waals surface area contributed by atoms with Crippen molar-refractivity contribution in [2.24, 2.45) is 0 Å². The zero-order valence-electron chi connectivity index (χ0n) is 14.6. The van der Waals surface area contributed by atoms with Gasteiger partial charge < -0.3 is 5.32 Å². The predicted molar refractivity (Wildman–Crippen MR) is 103 cm³/mol. The molecule has 0 spiro atoms. The Hall–Kier alpha value is -2.60. The third kappa shape index (κ3) is 3.80. The standard InChI is InChI=1S/C20H20N4OS/c1-14-6-5-7-15(12-14)19-22-23-20(24(19)17-8-3-2-4-9-17)26-13-18(25)21-16-10-11-16/h2-9,12,16H,10-11,13H2,1H3,(H,21,25). The summed E-state index contributed by atoms with van der Waals surface area (Å²) in [6.45, 7) is 2.06. The van der Waals surface area contributed by atoms with Gasteiger partial charge in [0.15, 0.2) is 11.0 Å². The molecule has 1 aromatic heterocycles. The third-order valence-electron chi connectivity index (χ3n) is 4.20. The minimum Gasteiger partial charge on any atom is -0.353 e. The van der Waals surface area contributed by atoms with Crippen LogP contribution in [-0.2, 0) is 4.79 Å². The van der Waals surface area contributed by atoms with Crippen molar-refractivity contribution in [3.8, 4) is 17.1 Å². The second kappa shape index (κ2) is 7.33. The van der Waals surface area contributed by atoms with Crippen LogP contribution in [0.1, 0.15) is 18.4 Å². The van der Waals surface area contributed by atoms with Gasteiger partial charge in [0, 0.05) is 17.3 Å². The van der Waals surface area contributed by atoms with E-state index in [1.165, 1.54) is 17.3 Å². The van der Waals surface area contributed by atoms with Gasteiger partial charge in [0.1, 0.15) is 0 Å². The van der Waals surface area contributed by atoms with Crippen molar-refractivity contribution in [3.05, 3.63) is 60.2 Å². The molecular formula is C20H20N4OS. The molecule has 26 heavy (non-hydrogen) atoms. The Morgan fingerprint density at radius 3 is 2.69 bits per heavy atom. The fraction of sp³-hybridized carbons (Fsp3) is 0.250. The number of aromatic nitrogens is 3. The SMILES string of the molecule is Cc1cccc(-c2nnc(SCC(=O)NC3CC3)n2-c2ccccc2)c1. The van der Waals surface area contributed by atoms with Crippen molar-refractivity contribution in [1.29, 1.82) is 0 Å². The van der Waals surface area contributed by atoms with Gasteiger partial charge in [-0.3, -0.25) is 9.36 Å². The van der Waals surface area contributed by atoms with E-state index in [4.69, 9.17) is 0 Å². The normalized spacial score (nSPS) is 13.6. The van der Waals surface area contributed by atoms with Crippen LogP contribution < -0.4 is 5.32 Å². The van der Waals surface area contributed by atoms with Crippen LogP contribution >= 0.6 is 11.8 Å². The number of para-hydroxylation sites is 1. The molecule has 6 heteroatoms. The molecule has 0 atom stereocenters. The van der Waals surface area contributed by atoms with Crippen LogP contribution in [0.3, 0.4) is 0 Å². The van der Waals surface area contributed by atoms with Gasteiger partial charge in [-0.2, -0.15) is 0 Å². The van der Waals surface area contributed by atoms with E-state index in [9.17, 15) is 4.79 Å². The summed E-state index contributed by atoms with van der Waals surface area (Å²) in [6, 6.07) is 18.6. The maximum atomic E-state index is 12.0.